The number of halogens is 2. The molecule has 0 aromatic heterocycles. The fourth-order valence-corrected chi connectivity index (χ4v) is 3.81. The van der Waals surface area contributed by atoms with Crippen LogP contribution >= 0.6 is 23.2 Å². The van der Waals surface area contributed by atoms with Crippen LogP contribution < -0.4 is 27.8 Å². The smallest absolute Gasteiger partial charge is 0.191 e. The van der Waals surface area contributed by atoms with Gasteiger partial charge in [0.05, 0.1) is 0 Å². The van der Waals surface area contributed by atoms with Crippen LogP contribution in [-0.4, -0.2) is 30.5 Å². The van der Waals surface area contributed by atoms with Crippen molar-refractivity contribution in [2.24, 2.45) is 22.2 Å². The molecule has 0 amide bonds. The summed E-state index contributed by atoms with van der Waals surface area (Å²) in [6.45, 7) is 0.655. The summed E-state index contributed by atoms with van der Waals surface area (Å²) in [5.41, 5.74) is 20.8. The molecular formula is C25H37Cl2N7. The maximum absolute atomic E-state index is 8.19. The lowest BCUT2D eigenvalue weighted by molar-refractivity contribution is 0.618. The second kappa shape index (κ2) is 15.6. The summed E-state index contributed by atoms with van der Waals surface area (Å²) in [7, 11) is 0. The highest BCUT2D eigenvalue weighted by atomic mass is 35.5. The third-order valence-corrected chi connectivity index (χ3v) is 5.81. The van der Waals surface area contributed by atoms with Gasteiger partial charge >= 0.3 is 0 Å². The monoisotopic (exact) mass is 505 g/mol. The predicted molar refractivity (Wildman–Crippen MR) is 146 cm³/mol. The van der Waals surface area contributed by atoms with E-state index in [1.165, 1.54) is 0 Å². The molecule has 0 fully saturated rings. The van der Waals surface area contributed by atoms with Gasteiger partial charge in [-0.1, -0.05) is 54.6 Å². The average Bonchev–Trinajstić information content (AvgIpc) is 2.78. The van der Waals surface area contributed by atoms with Gasteiger partial charge in [-0.25, -0.2) is 0 Å². The number of nitrogens with two attached hydrogens (primary N) is 3. The number of guanidine groups is 1. The Bertz CT molecular complexity index is 885. The van der Waals surface area contributed by atoms with Gasteiger partial charge in [-0.3, -0.25) is 10.7 Å². The number of hydrogen-bond donors (Lipinski definition) is 6. The minimum atomic E-state index is -0.542. The SMILES string of the molecule is N=C(CCCCCCCN=C(N)NC(N)Nc1ccc(Cl)cc1)CC(N)Cc1ccc(Cl)cc1. The largest absolute Gasteiger partial charge is 0.370 e. The van der Waals surface area contributed by atoms with E-state index in [0.29, 0.717) is 23.9 Å². The maximum Gasteiger partial charge on any atom is 0.191 e. The fraction of sp³-hybridized carbons (Fsp3) is 0.440. The topological polar surface area (TPSA) is 138 Å². The fourth-order valence-electron chi connectivity index (χ4n) is 3.56. The van der Waals surface area contributed by atoms with E-state index in [-0.39, 0.29) is 6.04 Å². The molecule has 0 saturated carbocycles. The summed E-state index contributed by atoms with van der Waals surface area (Å²) in [6, 6.07) is 15.0. The number of rotatable bonds is 15. The van der Waals surface area contributed by atoms with E-state index in [4.69, 9.17) is 45.8 Å². The number of hydrogen-bond acceptors (Lipinski definition) is 5. The first-order chi connectivity index (χ1) is 16.3. The van der Waals surface area contributed by atoms with Crippen molar-refractivity contribution in [3.63, 3.8) is 0 Å². The normalized spacial score (nSPS) is 13.4. The van der Waals surface area contributed by atoms with Crippen molar-refractivity contribution >= 4 is 40.6 Å². The molecule has 0 radical (unpaired) electrons. The molecule has 0 saturated heterocycles. The highest BCUT2D eigenvalue weighted by molar-refractivity contribution is 6.30. The molecule has 0 bridgehead atoms. The Morgan fingerprint density at radius 3 is 2.15 bits per heavy atom. The maximum atomic E-state index is 8.19. The van der Waals surface area contributed by atoms with Crippen LogP contribution in [0.1, 0.15) is 50.5 Å². The Labute approximate surface area is 213 Å². The lowest BCUT2D eigenvalue weighted by atomic mass is 9.99. The highest BCUT2D eigenvalue weighted by Gasteiger charge is 2.08. The Hall–Kier alpha value is -2.32. The Morgan fingerprint density at radius 1 is 0.882 bits per heavy atom. The zero-order chi connectivity index (χ0) is 24.8. The van der Waals surface area contributed by atoms with Crippen LogP contribution in [0.3, 0.4) is 0 Å². The zero-order valence-corrected chi connectivity index (χ0v) is 21.1. The van der Waals surface area contributed by atoms with E-state index in [1.54, 1.807) is 12.1 Å². The van der Waals surface area contributed by atoms with Gasteiger partial charge in [-0.2, -0.15) is 0 Å². The van der Waals surface area contributed by atoms with Gasteiger partial charge in [-0.05, 0) is 67.6 Å². The van der Waals surface area contributed by atoms with Gasteiger partial charge in [0, 0.05) is 40.5 Å². The van der Waals surface area contributed by atoms with Gasteiger partial charge in [0.2, 0.25) is 0 Å². The lowest BCUT2D eigenvalue weighted by Crippen LogP contribution is -2.50. The summed E-state index contributed by atoms with van der Waals surface area (Å²) in [4.78, 5) is 4.32. The van der Waals surface area contributed by atoms with Crippen molar-refractivity contribution < 1.29 is 0 Å². The number of anilines is 1. The highest BCUT2D eigenvalue weighted by Crippen LogP contribution is 2.14. The first-order valence-electron chi connectivity index (χ1n) is 11.7. The van der Waals surface area contributed by atoms with E-state index in [2.05, 4.69) is 15.6 Å². The molecule has 0 spiro atoms. The standard InChI is InChI=1S/C25H37Cl2N7/c26-19-9-7-18(8-10-19)16-22(29)17-21(28)6-4-2-1-3-5-15-32-24(30)34-25(31)33-23-13-11-20(27)12-14-23/h7-14,22,25,28,33H,1-6,15-17,29,31H2,(H3,30,32,34). The third-order valence-electron chi connectivity index (χ3n) is 5.31. The molecule has 2 rings (SSSR count). The molecule has 34 heavy (non-hydrogen) atoms. The molecule has 2 aromatic rings. The second-order valence-corrected chi connectivity index (χ2v) is 9.33. The van der Waals surface area contributed by atoms with Gasteiger partial charge in [0.1, 0.15) is 0 Å². The minimum absolute atomic E-state index is 0.0277. The molecule has 0 aliphatic carbocycles. The summed E-state index contributed by atoms with van der Waals surface area (Å²) in [5.74, 6) is 0.317. The van der Waals surface area contributed by atoms with E-state index in [9.17, 15) is 0 Å². The van der Waals surface area contributed by atoms with Gasteiger partial charge in [0.15, 0.2) is 12.2 Å². The van der Waals surface area contributed by atoms with Crippen LogP contribution in [0.5, 0.6) is 0 Å². The molecule has 9 N–H and O–H groups in total. The van der Waals surface area contributed by atoms with Crippen molar-refractivity contribution in [2.75, 3.05) is 11.9 Å². The summed E-state index contributed by atoms with van der Waals surface area (Å²) < 4.78 is 0. The van der Waals surface area contributed by atoms with Crippen LogP contribution in [0.15, 0.2) is 53.5 Å². The third kappa shape index (κ3) is 12.2. The van der Waals surface area contributed by atoms with Crippen LogP contribution in [0.4, 0.5) is 5.69 Å². The van der Waals surface area contributed by atoms with Crippen LogP contribution in [-0.2, 0) is 6.42 Å². The number of nitrogens with zero attached hydrogens (tertiary/aromatic N) is 1. The average molecular weight is 507 g/mol. The van der Waals surface area contributed by atoms with Crippen molar-refractivity contribution in [3.05, 3.63) is 64.1 Å². The summed E-state index contributed by atoms with van der Waals surface area (Å²) in [5, 5.41) is 15.6. The van der Waals surface area contributed by atoms with Crippen LogP contribution in [0.2, 0.25) is 10.0 Å². The molecule has 2 unspecified atom stereocenters. The Morgan fingerprint density at radius 2 is 1.47 bits per heavy atom. The molecule has 2 aromatic carbocycles. The molecular weight excluding hydrogens is 469 g/mol. The molecule has 0 aliphatic heterocycles. The minimum Gasteiger partial charge on any atom is -0.370 e. The Balaban J connectivity index is 1.48. The first kappa shape index (κ1) is 27.9. The number of unbranched alkanes of at least 4 members (excludes halogenated alkanes) is 4. The molecule has 0 heterocycles. The molecule has 186 valence electrons. The van der Waals surface area contributed by atoms with E-state index in [0.717, 1.165) is 66.9 Å². The van der Waals surface area contributed by atoms with Gasteiger partial charge in [-0.15, -0.1) is 0 Å². The van der Waals surface area contributed by atoms with Gasteiger partial charge in [0.25, 0.3) is 0 Å². The zero-order valence-electron chi connectivity index (χ0n) is 19.6. The van der Waals surface area contributed by atoms with Gasteiger partial charge < -0.3 is 27.5 Å². The lowest BCUT2D eigenvalue weighted by Gasteiger charge is -2.17. The molecule has 7 nitrogen and oxygen atoms in total. The number of benzene rings is 2. The Kier molecular flexibility index (Phi) is 12.8. The molecule has 9 heteroatoms. The van der Waals surface area contributed by atoms with Crippen LogP contribution in [0.25, 0.3) is 0 Å². The quantitative estimate of drug-likeness (QED) is 0.0886. The summed E-state index contributed by atoms with van der Waals surface area (Å²) in [6.07, 6.45) is 6.94. The van der Waals surface area contributed by atoms with Crippen molar-refractivity contribution in [2.45, 2.75) is 63.7 Å². The second-order valence-electron chi connectivity index (χ2n) is 8.46. The van der Waals surface area contributed by atoms with Crippen LogP contribution in [0, 0.1) is 5.41 Å². The van der Waals surface area contributed by atoms with E-state index in [1.807, 2.05) is 36.4 Å². The first-order valence-corrected chi connectivity index (χ1v) is 12.5. The molecule has 2 atom stereocenters. The molecule has 0 aliphatic rings. The van der Waals surface area contributed by atoms with E-state index >= 15 is 0 Å². The predicted octanol–water partition coefficient (Wildman–Crippen LogP) is 4.87. The van der Waals surface area contributed by atoms with E-state index < -0.39 is 6.29 Å². The van der Waals surface area contributed by atoms with Crippen molar-refractivity contribution in [1.29, 1.82) is 5.41 Å². The number of nitrogens with one attached hydrogen (secondary N) is 3. The van der Waals surface area contributed by atoms with Crippen molar-refractivity contribution in [3.8, 4) is 0 Å². The number of aliphatic imine (C=N–C) groups is 1. The summed E-state index contributed by atoms with van der Waals surface area (Å²) >= 11 is 11.8. The van der Waals surface area contributed by atoms with Crippen molar-refractivity contribution in [1.82, 2.24) is 5.32 Å².